The third-order valence-electron chi connectivity index (χ3n) is 6.05. The first-order valence-electron chi connectivity index (χ1n) is 9.67. The van der Waals surface area contributed by atoms with Crippen LogP contribution in [0.3, 0.4) is 0 Å². The van der Waals surface area contributed by atoms with Crippen molar-refractivity contribution >= 4 is 17.5 Å². The van der Waals surface area contributed by atoms with Crippen LogP contribution in [-0.4, -0.2) is 85.9 Å². The van der Waals surface area contributed by atoms with Crippen molar-refractivity contribution in [1.82, 2.24) is 14.7 Å². The van der Waals surface area contributed by atoms with E-state index in [4.69, 9.17) is 0 Å². The molecule has 140 valence electrons. The maximum Gasteiger partial charge on any atom is 0.238 e. The number of carbonyl (C=O) groups is 2. The van der Waals surface area contributed by atoms with Crippen molar-refractivity contribution in [2.24, 2.45) is 5.41 Å². The minimum absolute atomic E-state index is 0.0640. The van der Waals surface area contributed by atoms with Crippen molar-refractivity contribution in [2.45, 2.75) is 12.8 Å². The second kappa shape index (κ2) is 6.91. The smallest absolute Gasteiger partial charge is 0.238 e. The fraction of sp³-hybridized carbons (Fsp3) is 0.600. The molecule has 0 radical (unpaired) electrons. The van der Waals surface area contributed by atoms with Crippen LogP contribution < -0.4 is 4.90 Å². The monoisotopic (exact) mass is 356 g/mol. The van der Waals surface area contributed by atoms with Crippen LogP contribution in [-0.2, 0) is 9.59 Å². The van der Waals surface area contributed by atoms with E-state index in [0.717, 1.165) is 52.1 Å². The Morgan fingerprint density at radius 3 is 1.77 bits per heavy atom. The van der Waals surface area contributed by atoms with Gasteiger partial charge in [-0.1, -0.05) is 18.2 Å². The quantitative estimate of drug-likeness (QED) is 0.755. The minimum Gasteiger partial charge on any atom is -0.368 e. The minimum atomic E-state index is -0.745. The molecule has 2 amide bonds. The lowest BCUT2D eigenvalue weighted by molar-refractivity contribution is -0.150. The summed E-state index contributed by atoms with van der Waals surface area (Å²) >= 11 is 0. The first-order chi connectivity index (χ1) is 12.6. The summed E-state index contributed by atoms with van der Waals surface area (Å²) < 4.78 is 0. The van der Waals surface area contributed by atoms with Gasteiger partial charge in [0.1, 0.15) is 5.41 Å². The largest absolute Gasteiger partial charge is 0.368 e. The Balaban J connectivity index is 1.36. The number of amides is 2. The van der Waals surface area contributed by atoms with Crippen LogP contribution in [0.5, 0.6) is 0 Å². The first-order valence-corrected chi connectivity index (χ1v) is 9.67. The molecule has 26 heavy (non-hydrogen) atoms. The van der Waals surface area contributed by atoms with Crippen LogP contribution in [0.1, 0.15) is 12.8 Å². The highest BCUT2D eigenvalue weighted by molar-refractivity contribution is 6.08. The second-order valence-electron chi connectivity index (χ2n) is 7.79. The van der Waals surface area contributed by atoms with Gasteiger partial charge in [0.05, 0.1) is 0 Å². The van der Waals surface area contributed by atoms with Crippen molar-refractivity contribution in [3.63, 3.8) is 0 Å². The average Bonchev–Trinajstić information content (AvgIpc) is 3.50. The molecule has 3 aliphatic rings. The van der Waals surface area contributed by atoms with Crippen molar-refractivity contribution in [3.8, 4) is 0 Å². The molecule has 1 saturated carbocycles. The van der Waals surface area contributed by atoms with Crippen LogP contribution in [0.25, 0.3) is 0 Å². The third-order valence-corrected chi connectivity index (χ3v) is 6.05. The maximum absolute atomic E-state index is 13.1. The Kier molecular flexibility index (Phi) is 4.61. The predicted molar refractivity (Wildman–Crippen MR) is 101 cm³/mol. The molecular weight excluding hydrogens is 328 g/mol. The van der Waals surface area contributed by atoms with Crippen molar-refractivity contribution < 1.29 is 9.59 Å². The average molecular weight is 356 g/mol. The highest BCUT2D eigenvalue weighted by Crippen LogP contribution is 2.49. The molecule has 3 fully saturated rings. The molecule has 1 aromatic carbocycles. The van der Waals surface area contributed by atoms with Crippen molar-refractivity contribution in [2.75, 3.05) is 64.3 Å². The van der Waals surface area contributed by atoms with Crippen LogP contribution in [0.4, 0.5) is 5.69 Å². The molecule has 0 unspecified atom stereocenters. The summed E-state index contributed by atoms with van der Waals surface area (Å²) in [6.07, 6.45) is 1.44. The molecule has 0 aromatic heterocycles. The molecule has 1 aliphatic carbocycles. The van der Waals surface area contributed by atoms with Gasteiger partial charge in [0, 0.05) is 58.0 Å². The fourth-order valence-corrected chi connectivity index (χ4v) is 4.07. The molecule has 0 N–H and O–H groups in total. The van der Waals surface area contributed by atoms with E-state index in [1.165, 1.54) is 5.69 Å². The Hall–Kier alpha value is -2.08. The number of rotatable bonds is 3. The molecule has 0 spiro atoms. The summed E-state index contributed by atoms with van der Waals surface area (Å²) in [5.74, 6) is 0.134. The van der Waals surface area contributed by atoms with E-state index in [1.54, 1.807) is 0 Å². The van der Waals surface area contributed by atoms with Crippen LogP contribution in [0.2, 0.25) is 0 Å². The van der Waals surface area contributed by atoms with Gasteiger partial charge in [-0.2, -0.15) is 0 Å². The predicted octanol–water partition coefficient (Wildman–Crippen LogP) is 0.889. The molecule has 2 aliphatic heterocycles. The number of hydrogen-bond donors (Lipinski definition) is 0. The number of benzene rings is 1. The van der Waals surface area contributed by atoms with Gasteiger partial charge < -0.3 is 19.6 Å². The number of carbonyl (C=O) groups excluding carboxylic acids is 2. The molecule has 1 aromatic rings. The molecule has 6 heteroatoms. The number of piperazine rings is 2. The van der Waals surface area contributed by atoms with E-state index in [0.29, 0.717) is 13.1 Å². The summed E-state index contributed by atoms with van der Waals surface area (Å²) in [6.45, 7) is 6.33. The first kappa shape index (κ1) is 17.3. The number of anilines is 1. The van der Waals surface area contributed by atoms with E-state index >= 15 is 0 Å². The lowest BCUT2D eigenvalue weighted by Crippen LogP contribution is -2.55. The van der Waals surface area contributed by atoms with Gasteiger partial charge in [0.2, 0.25) is 11.8 Å². The Morgan fingerprint density at radius 2 is 1.27 bits per heavy atom. The van der Waals surface area contributed by atoms with Gasteiger partial charge >= 0.3 is 0 Å². The Bertz CT molecular complexity index is 658. The summed E-state index contributed by atoms with van der Waals surface area (Å²) in [4.78, 5) is 34.5. The lowest BCUT2D eigenvalue weighted by Gasteiger charge is -2.39. The molecular formula is C20H28N4O2. The highest BCUT2D eigenvalue weighted by atomic mass is 16.2. The lowest BCUT2D eigenvalue weighted by atomic mass is 10.0. The Labute approximate surface area is 155 Å². The van der Waals surface area contributed by atoms with Gasteiger partial charge in [0.15, 0.2) is 0 Å². The highest BCUT2D eigenvalue weighted by Gasteiger charge is 2.59. The molecule has 6 nitrogen and oxygen atoms in total. The maximum atomic E-state index is 13.1. The fourth-order valence-electron chi connectivity index (χ4n) is 4.07. The molecule has 0 bridgehead atoms. The van der Waals surface area contributed by atoms with E-state index < -0.39 is 5.41 Å². The molecule has 4 rings (SSSR count). The summed E-state index contributed by atoms with van der Waals surface area (Å²) in [7, 11) is 2.08. The number of hydrogen-bond acceptors (Lipinski definition) is 4. The zero-order valence-corrected chi connectivity index (χ0v) is 15.6. The third kappa shape index (κ3) is 3.18. The normalized spacial score (nSPS) is 23.0. The van der Waals surface area contributed by atoms with E-state index in [2.05, 4.69) is 29.0 Å². The SMILES string of the molecule is CN1CCN(C(=O)C2(C(=O)N3CCN(c4ccccc4)CC3)CC2)CC1. The van der Waals surface area contributed by atoms with Crippen LogP contribution >= 0.6 is 0 Å². The standard InChI is InChI=1S/C20H28N4O2/c1-21-9-11-23(12-10-21)18(25)20(7-8-20)19(26)24-15-13-22(14-16-24)17-5-3-2-4-6-17/h2-6H,7-16H2,1H3. The molecule has 2 saturated heterocycles. The van der Waals surface area contributed by atoms with Gasteiger partial charge in [0.25, 0.3) is 0 Å². The number of likely N-dealkylation sites (N-methyl/N-ethyl adjacent to an activating group) is 1. The molecule has 2 heterocycles. The van der Waals surface area contributed by atoms with Gasteiger partial charge in [-0.05, 0) is 32.0 Å². The molecule has 0 atom stereocenters. The van der Waals surface area contributed by atoms with E-state index in [1.807, 2.05) is 28.0 Å². The van der Waals surface area contributed by atoms with Crippen LogP contribution in [0, 0.1) is 5.41 Å². The summed E-state index contributed by atoms with van der Waals surface area (Å²) in [6, 6.07) is 10.3. The van der Waals surface area contributed by atoms with E-state index in [9.17, 15) is 9.59 Å². The second-order valence-corrected chi connectivity index (χ2v) is 7.79. The zero-order chi connectivity index (χ0) is 18.1. The van der Waals surface area contributed by atoms with Gasteiger partial charge in [-0.3, -0.25) is 9.59 Å². The van der Waals surface area contributed by atoms with Gasteiger partial charge in [-0.25, -0.2) is 0 Å². The summed E-state index contributed by atoms with van der Waals surface area (Å²) in [5.41, 5.74) is 0.458. The topological polar surface area (TPSA) is 47.1 Å². The Morgan fingerprint density at radius 1 is 0.769 bits per heavy atom. The van der Waals surface area contributed by atoms with Crippen LogP contribution in [0.15, 0.2) is 30.3 Å². The zero-order valence-electron chi connectivity index (χ0n) is 15.6. The van der Waals surface area contributed by atoms with E-state index in [-0.39, 0.29) is 11.8 Å². The van der Waals surface area contributed by atoms with Crippen molar-refractivity contribution in [3.05, 3.63) is 30.3 Å². The number of nitrogens with zero attached hydrogens (tertiary/aromatic N) is 4. The van der Waals surface area contributed by atoms with Gasteiger partial charge in [-0.15, -0.1) is 0 Å². The number of para-hydroxylation sites is 1. The van der Waals surface area contributed by atoms with Crippen molar-refractivity contribution in [1.29, 1.82) is 0 Å². The summed E-state index contributed by atoms with van der Waals surface area (Å²) in [5, 5.41) is 0.